The minimum absolute atomic E-state index is 0. The monoisotopic (exact) mass is 389 g/mol. The lowest BCUT2D eigenvalue weighted by Crippen LogP contribution is -2.39. The molecular formula is C21H28ClN3O2. The van der Waals surface area contributed by atoms with Gasteiger partial charge in [0, 0.05) is 31.1 Å². The van der Waals surface area contributed by atoms with Crippen molar-refractivity contribution < 1.29 is 9.53 Å². The standard InChI is InChI=1S/C21H27N3O2.ClH/c1-2-26-15-17-8-4-3-7-16(17)13-23-21(25)14-24-12-6-9-18-19(22)10-5-11-20(18)24;/h3-5,7-8,10-11H,2,6,9,12-15,22H2,1H3,(H,23,25);1H. The third-order valence-corrected chi connectivity index (χ3v) is 4.77. The van der Waals surface area contributed by atoms with E-state index in [0.717, 1.165) is 47.5 Å². The second kappa shape index (κ2) is 10.2. The van der Waals surface area contributed by atoms with E-state index in [1.807, 2.05) is 43.3 Å². The smallest absolute Gasteiger partial charge is 0.239 e. The maximum absolute atomic E-state index is 12.5. The van der Waals surface area contributed by atoms with E-state index in [1.165, 1.54) is 0 Å². The highest BCUT2D eigenvalue weighted by Gasteiger charge is 2.20. The van der Waals surface area contributed by atoms with Crippen molar-refractivity contribution in [2.24, 2.45) is 0 Å². The Labute approximate surface area is 167 Å². The number of nitrogens with one attached hydrogen (secondary N) is 1. The summed E-state index contributed by atoms with van der Waals surface area (Å²) < 4.78 is 5.51. The van der Waals surface area contributed by atoms with Gasteiger partial charge in [-0.1, -0.05) is 30.3 Å². The molecule has 146 valence electrons. The van der Waals surface area contributed by atoms with E-state index in [-0.39, 0.29) is 18.3 Å². The number of halogens is 1. The zero-order chi connectivity index (χ0) is 18.4. The zero-order valence-corrected chi connectivity index (χ0v) is 16.6. The molecule has 27 heavy (non-hydrogen) atoms. The quantitative estimate of drug-likeness (QED) is 0.713. The van der Waals surface area contributed by atoms with Crippen LogP contribution >= 0.6 is 12.4 Å². The molecule has 0 spiro atoms. The van der Waals surface area contributed by atoms with Crippen LogP contribution in [-0.4, -0.2) is 25.6 Å². The first-order valence-corrected chi connectivity index (χ1v) is 9.22. The van der Waals surface area contributed by atoms with Crippen molar-refractivity contribution in [3.05, 3.63) is 59.2 Å². The van der Waals surface area contributed by atoms with E-state index < -0.39 is 0 Å². The van der Waals surface area contributed by atoms with Crippen molar-refractivity contribution in [1.82, 2.24) is 5.32 Å². The number of nitrogens with two attached hydrogens (primary N) is 1. The predicted octanol–water partition coefficient (Wildman–Crippen LogP) is 3.30. The third-order valence-electron chi connectivity index (χ3n) is 4.77. The van der Waals surface area contributed by atoms with E-state index in [2.05, 4.69) is 16.3 Å². The molecule has 3 rings (SSSR count). The number of amides is 1. The molecule has 0 atom stereocenters. The number of nitrogens with zero attached hydrogens (tertiary/aromatic N) is 1. The third kappa shape index (κ3) is 5.37. The number of carbonyl (C=O) groups is 1. The molecule has 3 N–H and O–H groups in total. The van der Waals surface area contributed by atoms with E-state index in [4.69, 9.17) is 10.5 Å². The molecule has 2 aromatic carbocycles. The Bertz CT molecular complexity index is 767. The summed E-state index contributed by atoms with van der Waals surface area (Å²) in [5.41, 5.74) is 11.4. The molecular weight excluding hydrogens is 362 g/mol. The van der Waals surface area contributed by atoms with Crippen molar-refractivity contribution in [3.8, 4) is 0 Å². The number of benzene rings is 2. The summed E-state index contributed by atoms with van der Waals surface area (Å²) in [6.07, 6.45) is 2.00. The number of anilines is 2. The van der Waals surface area contributed by atoms with Gasteiger partial charge in [-0.25, -0.2) is 0 Å². The summed E-state index contributed by atoms with van der Waals surface area (Å²) in [5.74, 6) is 0.0199. The topological polar surface area (TPSA) is 67.6 Å². The minimum Gasteiger partial charge on any atom is -0.398 e. The molecule has 0 unspecified atom stereocenters. The van der Waals surface area contributed by atoms with E-state index in [1.54, 1.807) is 0 Å². The molecule has 0 saturated carbocycles. The first-order valence-electron chi connectivity index (χ1n) is 9.22. The summed E-state index contributed by atoms with van der Waals surface area (Å²) >= 11 is 0. The summed E-state index contributed by atoms with van der Waals surface area (Å²) in [5, 5.41) is 3.04. The van der Waals surface area contributed by atoms with Crippen LogP contribution in [-0.2, 0) is 29.1 Å². The lowest BCUT2D eigenvalue weighted by molar-refractivity contribution is -0.119. The van der Waals surface area contributed by atoms with Gasteiger partial charge in [0.2, 0.25) is 5.91 Å². The van der Waals surface area contributed by atoms with E-state index in [9.17, 15) is 4.79 Å². The second-order valence-electron chi connectivity index (χ2n) is 6.55. The van der Waals surface area contributed by atoms with Crippen molar-refractivity contribution in [3.63, 3.8) is 0 Å². The summed E-state index contributed by atoms with van der Waals surface area (Å²) in [6, 6.07) is 14.0. The number of fused-ring (bicyclic) bond motifs is 1. The van der Waals surface area contributed by atoms with Crippen LogP contribution in [0.2, 0.25) is 0 Å². The Hall–Kier alpha value is -2.24. The van der Waals surface area contributed by atoms with Gasteiger partial charge in [-0.15, -0.1) is 12.4 Å². The average molecular weight is 390 g/mol. The molecule has 0 aliphatic carbocycles. The highest BCUT2D eigenvalue weighted by Crippen LogP contribution is 2.30. The van der Waals surface area contributed by atoms with Gasteiger partial charge in [-0.3, -0.25) is 4.79 Å². The average Bonchev–Trinajstić information content (AvgIpc) is 2.66. The highest BCUT2D eigenvalue weighted by atomic mass is 35.5. The predicted molar refractivity (Wildman–Crippen MR) is 112 cm³/mol. The SMILES string of the molecule is CCOCc1ccccc1CNC(=O)CN1CCCc2c(N)cccc21.Cl. The lowest BCUT2D eigenvalue weighted by Gasteiger charge is -2.31. The van der Waals surface area contributed by atoms with Gasteiger partial charge in [0.25, 0.3) is 0 Å². The number of hydrogen-bond donors (Lipinski definition) is 2. The van der Waals surface area contributed by atoms with Crippen LogP contribution in [0.1, 0.15) is 30.0 Å². The molecule has 1 aliphatic rings. The molecule has 5 nitrogen and oxygen atoms in total. The van der Waals surface area contributed by atoms with Crippen molar-refractivity contribution in [2.45, 2.75) is 32.9 Å². The van der Waals surface area contributed by atoms with Crippen LogP contribution in [0.15, 0.2) is 42.5 Å². The number of rotatable bonds is 7. The highest BCUT2D eigenvalue weighted by molar-refractivity contribution is 5.85. The largest absolute Gasteiger partial charge is 0.398 e. The molecule has 2 aromatic rings. The number of ether oxygens (including phenoxy) is 1. The Morgan fingerprint density at radius 2 is 1.96 bits per heavy atom. The Morgan fingerprint density at radius 3 is 2.74 bits per heavy atom. The van der Waals surface area contributed by atoms with Crippen molar-refractivity contribution in [2.75, 3.05) is 30.3 Å². The molecule has 1 amide bonds. The van der Waals surface area contributed by atoms with Crippen LogP contribution in [0, 0.1) is 0 Å². The number of hydrogen-bond acceptors (Lipinski definition) is 4. The van der Waals surface area contributed by atoms with Gasteiger partial charge in [-0.05, 0) is 48.6 Å². The first kappa shape index (κ1) is 21.1. The molecule has 1 aliphatic heterocycles. The Balaban J connectivity index is 0.00000261. The van der Waals surface area contributed by atoms with Crippen molar-refractivity contribution >= 4 is 29.7 Å². The van der Waals surface area contributed by atoms with E-state index in [0.29, 0.717) is 26.3 Å². The summed E-state index contributed by atoms with van der Waals surface area (Å²) in [4.78, 5) is 14.6. The fraction of sp³-hybridized carbons (Fsp3) is 0.381. The maximum Gasteiger partial charge on any atom is 0.239 e. The van der Waals surface area contributed by atoms with Crippen molar-refractivity contribution in [1.29, 1.82) is 0 Å². The van der Waals surface area contributed by atoms with Gasteiger partial charge in [-0.2, -0.15) is 0 Å². The van der Waals surface area contributed by atoms with E-state index >= 15 is 0 Å². The first-order chi connectivity index (χ1) is 12.7. The fourth-order valence-corrected chi connectivity index (χ4v) is 3.40. The van der Waals surface area contributed by atoms with Gasteiger partial charge in [0.15, 0.2) is 0 Å². The molecule has 0 aromatic heterocycles. The maximum atomic E-state index is 12.5. The van der Waals surface area contributed by atoms with Gasteiger partial charge < -0.3 is 20.7 Å². The molecule has 1 heterocycles. The molecule has 0 saturated heterocycles. The Kier molecular flexibility index (Phi) is 7.95. The normalized spacial score (nSPS) is 12.9. The number of carbonyl (C=O) groups excluding carboxylic acids is 1. The number of nitrogen functional groups attached to an aromatic ring is 1. The van der Waals surface area contributed by atoms with Crippen LogP contribution < -0.4 is 16.0 Å². The Morgan fingerprint density at radius 1 is 1.19 bits per heavy atom. The van der Waals surface area contributed by atoms with Gasteiger partial charge in [0.1, 0.15) is 0 Å². The molecule has 6 heteroatoms. The lowest BCUT2D eigenvalue weighted by atomic mass is 10.00. The zero-order valence-electron chi connectivity index (χ0n) is 15.7. The second-order valence-corrected chi connectivity index (χ2v) is 6.55. The molecule has 0 fully saturated rings. The van der Waals surface area contributed by atoms with Crippen LogP contribution in [0.3, 0.4) is 0 Å². The fourth-order valence-electron chi connectivity index (χ4n) is 3.40. The van der Waals surface area contributed by atoms with Crippen LogP contribution in [0.4, 0.5) is 11.4 Å². The van der Waals surface area contributed by atoms with Crippen LogP contribution in [0.5, 0.6) is 0 Å². The summed E-state index contributed by atoms with van der Waals surface area (Å²) in [6.45, 7) is 4.97. The summed E-state index contributed by atoms with van der Waals surface area (Å²) in [7, 11) is 0. The van der Waals surface area contributed by atoms with Crippen LogP contribution in [0.25, 0.3) is 0 Å². The molecule has 0 bridgehead atoms. The molecule has 0 radical (unpaired) electrons. The van der Waals surface area contributed by atoms with Gasteiger partial charge in [0.05, 0.1) is 13.2 Å². The minimum atomic E-state index is 0. The van der Waals surface area contributed by atoms with Gasteiger partial charge >= 0.3 is 0 Å².